The molecule has 0 aliphatic carbocycles. The zero-order valence-electron chi connectivity index (χ0n) is 13.6. The molecule has 1 aliphatic heterocycles. The number of rotatable bonds is 6. The van der Waals surface area contributed by atoms with Gasteiger partial charge in [0.05, 0.1) is 17.5 Å². The van der Waals surface area contributed by atoms with E-state index in [0.29, 0.717) is 12.0 Å². The van der Waals surface area contributed by atoms with Gasteiger partial charge in [0.2, 0.25) is 0 Å². The minimum Gasteiger partial charge on any atom is -0.377 e. The predicted molar refractivity (Wildman–Crippen MR) is 86.1 cm³/mol. The first kappa shape index (κ1) is 16.4. The van der Waals surface area contributed by atoms with E-state index in [2.05, 4.69) is 49.2 Å². The van der Waals surface area contributed by atoms with Crippen molar-refractivity contribution >= 4 is 0 Å². The number of nitrogens with zero attached hydrogens (tertiary/aromatic N) is 2. The van der Waals surface area contributed by atoms with Crippen LogP contribution in [0.1, 0.15) is 38.6 Å². The van der Waals surface area contributed by atoms with Crippen molar-refractivity contribution in [1.82, 2.24) is 15.2 Å². The number of hydrogen-bond donors (Lipinski definition) is 1. The quantitative estimate of drug-likeness (QED) is 0.873. The average molecular weight is 291 g/mol. The first-order chi connectivity index (χ1) is 10.1. The normalized spacial score (nSPS) is 20.7. The highest BCUT2D eigenvalue weighted by atomic mass is 16.5. The van der Waals surface area contributed by atoms with Gasteiger partial charge in [-0.1, -0.05) is 19.9 Å². The molecule has 0 radical (unpaired) electrons. The first-order valence-corrected chi connectivity index (χ1v) is 8.13. The Hall–Kier alpha value is -0.970. The highest BCUT2D eigenvalue weighted by molar-refractivity contribution is 5.11. The van der Waals surface area contributed by atoms with E-state index < -0.39 is 0 Å². The van der Waals surface area contributed by atoms with E-state index in [4.69, 9.17) is 9.72 Å². The van der Waals surface area contributed by atoms with Crippen molar-refractivity contribution in [2.24, 2.45) is 5.92 Å². The predicted octanol–water partition coefficient (Wildman–Crippen LogP) is 2.44. The standard InChI is InChI=1S/C17H29N3O/c1-14(2)10-18-11-16-6-4-7-17(19-16)13-20-8-5-9-21-15(3)12-20/h4,6-7,14-15,18H,5,8-13H2,1-3H3. The van der Waals surface area contributed by atoms with Crippen LogP contribution in [0.2, 0.25) is 0 Å². The van der Waals surface area contributed by atoms with Crippen LogP contribution >= 0.6 is 0 Å². The van der Waals surface area contributed by atoms with Crippen LogP contribution in [-0.2, 0) is 17.8 Å². The second-order valence-electron chi connectivity index (χ2n) is 6.42. The SMILES string of the molecule is CC(C)CNCc1cccc(CN2CCCOC(C)C2)n1. The highest BCUT2D eigenvalue weighted by Gasteiger charge is 2.15. The molecule has 1 fully saturated rings. The fourth-order valence-corrected chi connectivity index (χ4v) is 2.66. The zero-order valence-corrected chi connectivity index (χ0v) is 13.6. The van der Waals surface area contributed by atoms with E-state index in [1.165, 1.54) is 0 Å². The van der Waals surface area contributed by atoms with Gasteiger partial charge in [-0.3, -0.25) is 9.88 Å². The molecule has 21 heavy (non-hydrogen) atoms. The summed E-state index contributed by atoms with van der Waals surface area (Å²) >= 11 is 0. The second-order valence-corrected chi connectivity index (χ2v) is 6.42. The van der Waals surface area contributed by atoms with Gasteiger partial charge in [0.1, 0.15) is 0 Å². The third kappa shape index (κ3) is 6.12. The Morgan fingerprint density at radius 2 is 2.19 bits per heavy atom. The van der Waals surface area contributed by atoms with Crippen LogP contribution in [0.15, 0.2) is 18.2 Å². The summed E-state index contributed by atoms with van der Waals surface area (Å²) in [6, 6.07) is 6.35. The van der Waals surface area contributed by atoms with Crippen molar-refractivity contribution in [3.8, 4) is 0 Å². The molecule has 4 heteroatoms. The van der Waals surface area contributed by atoms with Crippen molar-refractivity contribution in [3.05, 3.63) is 29.6 Å². The van der Waals surface area contributed by atoms with Crippen molar-refractivity contribution in [2.45, 2.75) is 46.4 Å². The second kappa shape index (κ2) is 8.47. The molecule has 1 aromatic heterocycles. The number of ether oxygens (including phenoxy) is 1. The van der Waals surface area contributed by atoms with Crippen LogP contribution in [0.5, 0.6) is 0 Å². The molecule has 0 bridgehead atoms. The Morgan fingerprint density at radius 1 is 1.38 bits per heavy atom. The van der Waals surface area contributed by atoms with Gasteiger partial charge in [0.25, 0.3) is 0 Å². The minimum atomic E-state index is 0.323. The van der Waals surface area contributed by atoms with Gasteiger partial charge < -0.3 is 10.1 Å². The lowest BCUT2D eigenvalue weighted by atomic mass is 10.2. The zero-order chi connectivity index (χ0) is 15.1. The molecule has 1 atom stereocenters. The van der Waals surface area contributed by atoms with Crippen LogP contribution in [0.3, 0.4) is 0 Å². The maximum absolute atomic E-state index is 5.70. The van der Waals surface area contributed by atoms with E-state index in [1.807, 2.05) is 0 Å². The van der Waals surface area contributed by atoms with Gasteiger partial charge in [0, 0.05) is 32.8 Å². The van der Waals surface area contributed by atoms with E-state index >= 15 is 0 Å². The third-order valence-electron chi connectivity index (χ3n) is 3.65. The van der Waals surface area contributed by atoms with Gasteiger partial charge in [-0.25, -0.2) is 0 Å². The summed E-state index contributed by atoms with van der Waals surface area (Å²) in [4.78, 5) is 7.22. The molecule has 1 aliphatic rings. The van der Waals surface area contributed by atoms with Crippen molar-refractivity contribution < 1.29 is 4.74 Å². The van der Waals surface area contributed by atoms with Crippen LogP contribution < -0.4 is 5.32 Å². The Morgan fingerprint density at radius 3 is 3.00 bits per heavy atom. The molecular weight excluding hydrogens is 262 g/mol. The van der Waals surface area contributed by atoms with E-state index in [-0.39, 0.29) is 0 Å². The largest absolute Gasteiger partial charge is 0.377 e. The Kier molecular flexibility index (Phi) is 6.61. The molecule has 1 aromatic rings. The van der Waals surface area contributed by atoms with Crippen LogP contribution in [-0.4, -0.2) is 42.2 Å². The molecule has 2 rings (SSSR count). The molecule has 1 saturated heterocycles. The van der Waals surface area contributed by atoms with Crippen molar-refractivity contribution in [1.29, 1.82) is 0 Å². The number of aromatic nitrogens is 1. The molecule has 0 saturated carbocycles. The average Bonchev–Trinajstić information content (AvgIpc) is 2.63. The van der Waals surface area contributed by atoms with Gasteiger partial charge in [-0.2, -0.15) is 0 Å². The number of nitrogens with one attached hydrogen (secondary N) is 1. The maximum atomic E-state index is 5.70. The smallest absolute Gasteiger partial charge is 0.0674 e. The summed E-state index contributed by atoms with van der Waals surface area (Å²) in [5, 5.41) is 3.45. The lowest BCUT2D eigenvalue weighted by Crippen LogP contribution is -2.30. The molecule has 118 valence electrons. The fourth-order valence-electron chi connectivity index (χ4n) is 2.66. The van der Waals surface area contributed by atoms with E-state index in [1.54, 1.807) is 0 Å². The first-order valence-electron chi connectivity index (χ1n) is 8.13. The summed E-state index contributed by atoms with van der Waals surface area (Å²) in [5.41, 5.74) is 2.29. The topological polar surface area (TPSA) is 37.4 Å². The number of hydrogen-bond acceptors (Lipinski definition) is 4. The molecule has 2 heterocycles. The fraction of sp³-hybridized carbons (Fsp3) is 0.706. The molecule has 0 spiro atoms. The monoisotopic (exact) mass is 291 g/mol. The van der Waals surface area contributed by atoms with Gasteiger partial charge in [-0.15, -0.1) is 0 Å². The van der Waals surface area contributed by atoms with Gasteiger partial charge in [0.15, 0.2) is 0 Å². The maximum Gasteiger partial charge on any atom is 0.0674 e. The lowest BCUT2D eigenvalue weighted by molar-refractivity contribution is 0.0666. The molecule has 0 amide bonds. The summed E-state index contributed by atoms with van der Waals surface area (Å²) in [5.74, 6) is 0.673. The molecule has 1 unspecified atom stereocenters. The van der Waals surface area contributed by atoms with Crippen LogP contribution in [0.25, 0.3) is 0 Å². The Bertz CT molecular complexity index is 422. The van der Waals surface area contributed by atoms with E-state index in [9.17, 15) is 0 Å². The molecule has 4 nitrogen and oxygen atoms in total. The molecular formula is C17H29N3O. The number of pyridine rings is 1. The summed E-state index contributed by atoms with van der Waals surface area (Å²) < 4.78 is 5.70. The molecule has 1 N–H and O–H groups in total. The van der Waals surface area contributed by atoms with Crippen LogP contribution in [0.4, 0.5) is 0 Å². The summed E-state index contributed by atoms with van der Waals surface area (Å²) in [6.45, 7) is 12.4. The molecule has 0 aromatic carbocycles. The highest BCUT2D eigenvalue weighted by Crippen LogP contribution is 2.10. The third-order valence-corrected chi connectivity index (χ3v) is 3.65. The van der Waals surface area contributed by atoms with Crippen molar-refractivity contribution in [2.75, 3.05) is 26.2 Å². The summed E-state index contributed by atoms with van der Waals surface area (Å²) in [7, 11) is 0. The van der Waals surface area contributed by atoms with Gasteiger partial charge in [-0.05, 0) is 37.9 Å². The van der Waals surface area contributed by atoms with Gasteiger partial charge >= 0.3 is 0 Å². The minimum absolute atomic E-state index is 0.323. The lowest BCUT2D eigenvalue weighted by Gasteiger charge is -2.21. The van der Waals surface area contributed by atoms with Crippen molar-refractivity contribution in [3.63, 3.8) is 0 Å². The Labute approximate surface area is 128 Å². The Balaban J connectivity index is 1.87. The summed E-state index contributed by atoms with van der Waals surface area (Å²) in [6.07, 6.45) is 1.43. The van der Waals surface area contributed by atoms with E-state index in [0.717, 1.165) is 57.1 Å². The van der Waals surface area contributed by atoms with Crippen LogP contribution in [0, 0.1) is 5.92 Å².